The van der Waals surface area contributed by atoms with Crippen molar-refractivity contribution in [2.24, 2.45) is 5.92 Å². The number of pyridine rings is 1. The molecule has 1 aromatic carbocycles. The van der Waals surface area contributed by atoms with Gasteiger partial charge in [0.25, 0.3) is 5.69 Å². The van der Waals surface area contributed by atoms with Crippen LogP contribution in [0.4, 0.5) is 10.5 Å². The normalized spacial score (nSPS) is 15.2. The van der Waals surface area contributed by atoms with E-state index in [1.165, 1.54) is 12.3 Å². The predicted octanol–water partition coefficient (Wildman–Crippen LogP) is 5.41. The van der Waals surface area contributed by atoms with Crippen LogP contribution in [-0.4, -0.2) is 45.4 Å². The molecule has 8 nitrogen and oxygen atoms in total. The van der Waals surface area contributed by atoms with Crippen LogP contribution in [0.1, 0.15) is 56.8 Å². The molecular formula is C22H26ClN3O5. The average Bonchev–Trinajstić information content (AvgIpc) is 2.70. The molecule has 2 heterocycles. The van der Waals surface area contributed by atoms with E-state index in [1.54, 1.807) is 17.0 Å². The SMILES string of the molecule is CC(C)(C)OC(=O)N1CCC(CCC(=O)c2cc(Cl)c([N+](=O)[O-])c3cccnc23)CC1. The number of amides is 1. The zero-order valence-electron chi connectivity index (χ0n) is 17.9. The van der Waals surface area contributed by atoms with Crippen LogP contribution in [0.25, 0.3) is 10.9 Å². The number of ether oxygens (including phenoxy) is 1. The fourth-order valence-corrected chi connectivity index (χ4v) is 4.08. The molecule has 0 saturated carbocycles. The number of Topliss-reactive ketones (excluding diaryl/α,β-unsaturated/α-hetero) is 1. The molecule has 166 valence electrons. The number of hydrogen-bond acceptors (Lipinski definition) is 6. The van der Waals surface area contributed by atoms with E-state index in [-0.39, 0.29) is 34.4 Å². The minimum Gasteiger partial charge on any atom is -0.444 e. The summed E-state index contributed by atoms with van der Waals surface area (Å²) < 4.78 is 5.41. The van der Waals surface area contributed by atoms with Crippen LogP contribution in [0.3, 0.4) is 0 Å². The van der Waals surface area contributed by atoms with Crippen molar-refractivity contribution in [1.82, 2.24) is 9.88 Å². The zero-order valence-corrected chi connectivity index (χ0v) is 18.6. The van der Waals surface area contributed by atoms with Crippen molar-refractivity contribution in [3.8, 4) is 0 Å². The summed E-state index contributed by atoms with van der Waals surface area (Å²) in [5, 5.41) is 11.6. The Bertz CT molecular complexity index is 1010. The van der Waals surface area contributed by atoms with Crippen molar-refractivity contribution < 1.29 is 19.2 Å². The van der Waals surface area contributed by atoms with Gasteiger partial charge in [-0.1, -0.05) is 11.6 Å². The first-order chi connectivity index (χ1) is 14.6. The first kappa shape index (κ1) is 22.9. The minimum atomic E-state index is -0.556. The summed E-state index contributed by atoms with van der Waals surface area (Å²) in [7, 11) is 0. The highest BCUT2D eigenvalue weighted by atomic mass is 35.5. The van der Waals surface area contributed by atoms with E-state index in [9.17, 15) is 19.7 Å². The van der Waals surface area contributed by atoms with Crippen molar-refractivity contribution in [3.05, 3.63) is 45.1 Å². The third kappa shape index (κ3) is 5.50. The number of fused-ring (bicyclic) bond motifs is 1. The Morgan fingerprint density at radius 1 is 1.32 bits per heavy atom. The van der Waals surface area contributed by atoms with E-state index in [2.05, 4.69) is 4.98 Å². The molecule has 1 fully saturated rings. The molecule has 2 aromatic rings. The third-order valence-corrected chi connectivity index (χ3v) is 5.63. The summed E-state index contributed by atoms with van der Waals surface area (Å²) in [4.78, 5) is 41.8. The van der Waals surface area contributed by atoms with Crippen LogP contribution in [0.5, 0.6) is 0 Å². The maximum Gasteiger partial charge on any atom is 0.410 e. The van der Waals surface area contributed by atoms with Crippen LogP contribution in [-0.2, 0) is 4.74 Å². The highest BCUT2D eigenvalue weighted by Gasteiger charge is 2.28. The van der Waals surface area contributed by atoms with Gasteiger partial charge in [0.15, 0.2) is 5.78 Å². The van der Waals surface area contributed by atoms with Gasteiger partial charge >= 0.3 is 6.09 Å². The predicted molar refractivity (Wildman–Crippen MR) is 118 cm³/mol. The number of aromatic nitrogens is 1. The molecule has 1 saturated heterocycles. The second-order valence-electron chi connectivity index (χ2n) is 8.78. The summed E-state index contributed by atoms with van der Waals surface area (Å²) in [6.07, 6.45) is 3.75. The maximum absolute atomic E-state index is 12.9. The molecule has 3 rings (SSSR count). The van der Waals surface area contributed by atoms with Gasteiger partial charge in [0.2, 0.25) is 0 Å². The lowest BCUT2D eigenvalue weighted by Crippen LogP contribution is -2.41. The molecule has 0 bridgehead atoms. The van der Waals surface area contributed by atoms with Gasteiger partial charge in [-0.25, -0.2) is 4.79 Å². The summed E-state index contributed by atoms with van der Waals surface area (Å²) >= 11 is 6.12. The largest absolute Gasteiger partial charge is 0.444 e. The first-order valence-electron chi connectivity index (χ1n) is 10.3. The molecule has 0 N–H and O–H groups in total. The Morgan fingerprint density at radius 3 is 2.61 bits per heavy atom. The lowest BCUT2D eigenvalue weighted by atomic mass is 9.90. The van der Waals surface area contributed by atoms with Gasteiger partial charge in [-0.3, -0.25) is 19.9 Å². The molecule has 0 unspecified atom stereocenters. The van der Waals surface area contributed by atoms with Crippen LogP contribution in [0, 0.1) is 16.0 Å². The van der Waals surface area contributed by atoms with Crippen molar-refractivity contribution in [2.75, 3.05) is 13.1 Å². The Morgan fingerprint density at radius 2 is 2.00 bits per heavy atom. The van der Waals surface area contributed by atoms with E-state index in [0.29, 0.717) is 36.5 Å². The maximum atomic E-state index is 12.9. The lowest BCUT2D eigenvalue weighted by molar-refractivity contribution is -0.382. The fourth-order valence-electron chi connectivity index (χ4n) is 3.80. The average molecular weight is 448 g/mol. The monoisotopic (exact) mass is 447 g/mol. The molecular weight excluding hydrogens is 422 g/mol. The Balaban J connectivity index is 1.64. The van der Waals surface area contributed by atoms with Crippen LogP contribution in [0.2, 0.25) is 5.02 Å². The first-order valence-corrected chi connectivity index (χ1v) is 10.7. The standard InChI is InChI=1S/C22H26ClN3O5/c1-22(2,3)31-21(28)25-11-8-14(9-12-25)6-7-18(27)16-13-17(23)20(26(29)30)15-5-4-10-24-19(15)16/h4-5,10,13-14H,6-9,11-12H2,1-3H3. The number of carbonyl (C=O) groups excluding carboxylic acids is 2. The number of piperidine rings is 1. The topological polar surface area (TPSA) is 103 Å². The molecule has 31 heavy (non-hydrogen) atoms. The molecule has 1 aromatic heterocycles. The van der Waals surface area contributed by atoms with Crippen molar-refractivity contribution in [3.63, 3.8) is 0 Å². The fraction of sp³-hybridized carbons (Fsp3) is 0.500. The molecule has 1 amide bonds. The van der Waals surface area contributed by atoms with Gasteiger partial charge < -0.3 is 9.64 Å². The second kappa shape index (κ2) is 9.18. The number of rotatable bonds is 5. The summed E-state index contributed by atoms with van der Waals surface area (Å²) in [5.41, 5.74) is -0.167. The number of nitrogens with zero attached hydrogens (tertiary/aromatic N) is 3. The van der Waals surface area contributed by atoms with E-state index in [0.717, 1.165) is 12.8 Å². The van der Waals surface area contributed by atoms with Gasteiger partial charge in [-0.05, 0) is 64.2 Å². The van der Waals surface area contributed by atoms with Crippen LogP contribution < -0.4 is 0 Å². The number of ketones is 1. The van der Waals surface area contributed by atoms with E-state index < -0.39 is 10.5 Å². The quantitative estimate of drug-likeness (QED) is 0.345. The number of hydrogen-bond donors (Lipinski definition) is 0. The van der Waals surface area contributed by atoms with Crippen molar-refractivity contribution in [2.45, 2.75) is 52.1 Å². The van der Waals surface area contributed by atoms with E-state index >= 15 is 0 Å². The number of nitro groups is 1. The molecule has 0 spiro atoms. The Labute approximate surface area is 185 Å². The lowest BCUT2D eigenvalue weighted by Gasteiger charge is -2.33. The van der Waals surface area contributed by atoms with Gasteiger partial charge in [0.05, 0.1) is 15.8 Å². The molecule has 1 aliphatic heterocycles. The highest BCUT2D eigenvalue weighted by molar-refractivity contribution is 6.35. The van der Waals surface area contributed by atoms with Crippen molar-refractivity contribution >= 4 is 40.1 Å². The van der Waals surface area contributed by atoms with Gasteiger partial charge in [-0.2, -0.15) is 0 Å². The molecule has 0 aliphatic carbocycles. The molecule has 1 aliphatic rings. The molecule has 0 radical (unpaired) electrons. The summed E-state index contributed by atoms with van der Waals surface area (Å²) in [6.45, 7) is 6.72. The van der Waals surface area contributed by atoms with E-state index in [1.807, 2.05) is 20.8 Å². The van der Waals surface area contributed by atoms with Crippen LogP contribution in [0.15, 0.2) is 24.4 Å². The van der Waals surface area contributed by atoms with Gasteiger partial charge in [-0.15, -0.1) is 0 Å². The molecule has 0 atom stereocenters. The number of halogens is 1. The second-order valence-corrected chi connectivity index (χ2v) is 9.19. The number of carbonyl (C=O) groups is 2. The van der Waals surface area contributed by atoms with Crippen LogP contribution >= 0.6 is 11.6 Å². The highest BCUT2D eigenvalue weighted by Crippen LogP contribution is 2.35. The Hall–Kier alpha value is -2.74. The Kier molecular flexibility index (Phi) is 6.79. The zero-order chi connectivity index (χ0) is 22.8. The van der Waals surface area contributed by atoms with Gasteiger partial charge in [0.1, 0.15) is 10.6 Å². The summed E-state index contributed by atoms with van der Waals surface area (Å²) in [6, 6.07) is 4.48. The smallest absolute Gasteiger partial charge is 0.410 e. The van der Waals surface area contributed by atoms with Gasteiger partial charge in [0, 0.05) is 31.3 Å². The third-order valence-electron chi connectivity index (χ3n) is 5.34. The minimum absolute atomic E-state index is 0.0699. The van der Waals surface area contributed by atoms with Crippen molar-refractivity contribution in [1.29, 1.82) is 0 Å². The number of benzene rings is 1. The summed E-state index contributed by atoms with van der Waals surface area (Å²) in [5.74, 6) is 0.172. The number of nitro benzene ring substituents is 1. The molecule has 9 heteroatoms. The number of likely N-dealkylation sites (tertiary alicyclic amines) is 1. The van der Waals surface area contributed by atoms with E-state index in [4.69, 9.17) is 16.3 Å².